The predicted molar refractivity (Wildman–Crippen MR) is 99.4 cm³/mol. The molecule has 0 saturated carbocycles. The lowest BCUT2D eigenvalue weighted by Gasteiger charge is -2.08. The first-order valence-corrected chi connectivity index (χ1v) is 8.74. The largest absolute Gasteiger partial charge is 0.463 e. The van der Waals surface area contributed by atoms with Crippen LogP contribution in [-0.2, 0) is 24.2 Å². The lowest BCUT2D eigenvalue weighted by Crippen LogP contribution is -2.11. The summed E-state index contributed by atoms with van der Waals surface area (Å²) < 4.78 is 9.34. The fraction of sp³-hybridized carbons (Fsp3) is 0.200. The Morgan fingerprint density at radius 3 is 2.63 bits per heavy atom. The summed E-state index contributed by atoms with van der Waals surface area (Å²) in [5.41, 5.74) is 1.81. The molecule has 4 aromatic rings. The van der Waals surface area contributed by atoms with Crippen molar-refractivity contribution >= 4 is 5.78 Å². The van der Waals surface area contributed by atoms with E-state index in [1.807, 2.05) is 48.7 Å². The maximum atomic E-state index is 11.4. The Morgan fingerprint density at radius 1 is 1.07 bits per heavy atom. The summed E-state index contributed by atoms with van der Waals surface area (Å²) >= 11 is 0. The zero-order valence-electron chi connectivity index (χ0n) is 14.9. The molecular formula is C20H19N5O2. The molecule has 0 aliphatic carbocycles. The molecule has 4 rings (SSSR count). The van der Waals surface area contributed by atoms with Gasteiger partial charge in [0.15, 0.2) is 5.76 Å². The minimum absolute atomic E-state index is 0.0712. The van der Waals surface area contributed by atoms with Crippen LogP contribution < -0.4 is 0 Å². The SMILES string of the molecule is CC(=O)Cn1cnnc1CCc1nc(-c2ccco2)cn1-c1ccccc1. The number of aryl methyl sites for hydroxylation is 2. The summed E-state index contributed by atoms with van der Waals surface area (Å²) in [5, 5.41) is 8.08. The Labute approximate surface area is 156 Å². The summed E-state index contributed by atoms with van der Waals surface area (Å²) in [6.45, 7) is 1.84. The van der Waals surface area contributed by atoms with E-state index in [9.17, 15) is 4.79 Å². The molecule has 0 atom stereocenters. The summed E-state index contributed by atoms with van der Waals surface area (Å²) in [4.78, 5) is 16.2. The average molecular weight is 361 g/mol. The first kappa shape index (κ1) is 17.0. The van der Waals surface area contributed by atoms with Crippen LogP contribution in [0.5, 0.6) is 0 Å². The van der Waals surface area contributed by atoms with Crippen molar-refractivity contribution in [3.05, 3.63) is 72.9 Å². The second kappa shape index (κ2) is 7.41. The molecule has 0 fully saturated rings. The van der Waals surface area contributed by atoms with Gasteiger partial charge < -0.3 is 13.6 Å². The van der Waals surface area contributed by atoms with Crippen molar-refractivity contribution in [2.75, 3.05) is 0 Å². The lowest BCUT2D eigenvalue weighted by atomic mass is 10.2. The summed E-state index contributed by atoms with van der Waals surface area (Å²) in [5.74, 6) is 2.46. The fourth-order valence-corrected chi connectivity index (χ4v) is 3.02. The topological polar surface area (TPSA) is 78.7 Å². The third-order valence-corrected chi connectivity index (χ3v) is 4.25. The number of ketones is 1. The van der Waals surface area contributed by atoms with Crippen molar-refractivity contribution in [2.45, 2.75) is 26.3 Å². The number of para-hydroxylation sites is 1. The highest BCUT2D eigenvalue weighted by molar-refractivity contribution is 5.75. The van der Waals surface area contributed by atoms with E-state index in [2.05, 4.69) is 14.8 Å². The highest BCUT2D eigenvalue weighted by Gasteiger charge is 2.14. The third-order valence-electron chi connectivity index (χ3n) is 4.25. The minimum atomic E-state index is 0.0712. The molecule has 0 spiro atoms. The number of furan rings is 1. The highest BCUT2D eigenvalue weighted by atomic mass is 16.3. The average Bonchev–Trinajstić information content (AvgIpc) is 3.41. The lowest BCUT2D eigenvalue weighted by molar-refractivity contribution is -0.117. The van der Waals surface area contributed by atoms with E-state index in [0.717, 1.165) is 28.8 Å². The summed E-state index contributed by atoms with van der Waals surface area (Å²) in [6.07, 6.45) is 6.50. The van der Waals surface area contributed by atoms with Gasteiger partial charge in [0.05, 0.1) is 12.8 Å². The van der Waals surface area contributed by atoms with E-state index >= 15 is 0 Å². The van der Waals surface area contributed by atoms with Gasteiger partial charge in [-0.05, 0) is 31.2 Å². The number of carbonyl (C=O) groups excluding carboxylic acids is 1. The van der Waals surface area contributed by atoms with E-state index < -0.39 is 0 Å². The van der Waals surface area contributed by atoms with E-state index in [1.54, 1.807) is 24.1 Å². The highest BCUT2D eigenvalue weighted by Crippen LogP contribution is 2.22. The molecule has 27 heavy (non-hydrogen) atoms. The molecule has 3 aromatic heterocycles. The van der Waals surface area contributed by atoms with Gasteiger partial charge in [0.2, 0.25) is 0 Å². The number of hydrogen-bond donors (Lipinski definition) is 0. The van der Waals surface area contributed by atoms with Crippen molar-refractivity contribution < 1.29 is 9.21 Å². The van der Waals surface area contributed by atoms with E-state index in [1.165, 1.54) is 0 Å². The Morgan fingerprint density at radius 2 is 1.89 bits per heavy atom. The first-order chi connectivity index (χ1) is 13.2. The zero-order valence-corrected chi connectivity index (χ0v) is 14.9. The van der Waals surface area contributed by atoms with Gasteiger partial charge >= 0.3 is 0 Å². The van der Waals surface area contributed by atoms with Crippen LogP contribution in [-0.4, -0.2) is 30.1 Å². The molecule has 136 valence electrons. The summed E-state index contributed by atoms with van der Waals surface area (Å²) in [7, 11) is 0. The molecule has 0 unspecified atom stereocenters. The maximum Gasteiger partial charge on any atom is 0.153 e. The zero-order chi connectivity index (χ0) is 18.6. The van der Waals surface area contributed by atoms with Gasteiger partial charge in [0.1, 0.15) is 29.5 Å². The molecule has 0 aliphatic heterocycles. The van der Waals surface area contributed by atoms with Crippen LogP contribution in [0.4, 0.5) is 0 Å². The van der Waals surface area contributed by atoms with Crippen LogP contribution >= 0.6 is 0 Å². The number of benzene rings is 1. The normalized spacial score (nSPS) is 11.0. The van der Waals surface area contributed by atoms with Crippen LogP contribution in [0.3, 0.4) is 0 Å². The van der Waals surface area contributed by atoms with Crippen molar-refractivity contribution in [3.63, 3.8) is 0 Å². The molecule has 7 nitrogen and oxygen atoms in total. The van der Waals surface area contributed by atoms with Crippen LogP contribution in [0.25, 0.3) is 17.1 Å². The molecule has 3 heterocycles. The Hall–Kier alpha value is -3.48. The molecule has 1 aromatic carbocycles. The van der Waals surface area contributed by atoms with Crippen LogP contribution in [0.15, 0.2) is 65.7 Å². The van der Waals surface area contributed by atoms with Crippen molar-refractivity contribution in [3.8, 4) is 17.1 Å². The number of Topliss-reactive ketones (excluding diaryl/α,β-unsaturated/α-hetero) is 1. The van der Waals surface area contributed by atoms with Gasteiger partial charge in [-0.15, -0.1) is 10.2 Å². The second-order valence-corrected chi connectivity index (χ2v) is 6.30. The number of nitrogens with zero attached hydrogens (tertiary/aromatic N) is 5. The molecule has 0 N–H and O–H groups in total. The monoisotopic (exact) mass is 361 g/mol. The Balaban J connectivity index is 1.63. The van der Waals surface area contributed by atoms with Crippen molar-refractivity contribution in [1.29, 1.82) is 0 Å². The van der Waals surface area contributed by atoms with Crippen LogP contribution in [0, 0.1) is 0 Å². The molecular weight excluding hydrogens is 342 g/mol. The standard InChI is InChI=1S/C20H19N5O2/c1-15(26)12-24-14-21-23-20(24)10-9-19-22-17(18-8-5-11-27-18)13-25(19)16-6-3-2-4-7-16/h2-8,11,13-14H,9-10,12H2,1H3. The molecule has 0 saturated heterocycles. The van der Waals surface area contributed by atoms with Crippen molar-refractivity contribution in [2.24, 2.45) is 0 Å². The Kier molecular flexibility index (Phi) is 4.65. The van der Waals surface area contributed by atoms with Crippen LogP contribution in [0.2, 0.25) is 0 Å². The maximum absolute atomic E-state index is 11.4. The Bertz CT molecular complexity index is 1030. The molecule has 0 radical (unpaired) electrons. The van der Waals surface area contributed by atoms with Gasteiger partial charge in [-0.2, -0.15) is 0 Å². The number of carbonyl (C=O) groups is 1. The van der Waals surface area contributed by atoms with Gasteiger partial charge in [-0.25, -0.2) is 4.98 Å². The molecule has 7 heteroatoms. The van der Waals surface area contributed by atoms with Crippen molar-refractivity contribution in [1.82, 2.24) is 24.3 Å². The smallest absolute Gasteiger partial charge is 0.153 e. The molecule has 0 bridgehead atoms. The summed E-state index contributed by atoms with van der Waals surface area (Å²) in [6, 6.07) is 13.8. The number of aromatic nitrogens is 5. The predicted octanol–water partition coefficient (Wildman–Crippen LogP) is 3.10. The van der Waals surface area contributed by atoms with E-state index in [-0.39, 0.29) is 12.3 Å². The number of hydrogen-bond acceptors (Lipinski definition) is 5. The van der Waals surface area contributed by atoms with Gasteiger partial charge in [-0.3, -0.25) is 4.79 Å². The minimum Gasteiger partial charge on any atom is -0.463 e. The number of imidazole rings is 1. The fourth-order valence-electron chi connectivity index (χ4n) is 3.02. The van der Waals surface area contributed by atoms with Gasteiger partial charge in [0, 0.05) is 24.7 Å². The van der Waals surface area contributed by atoms with E-state index in [4.69, 9.17) is 9.40 Å². The molecule has 0 amide bonds. The molecule has 0 aliphatic rings. The van der Waals surface area contributed by atoms with Crippen LogP contribution in [0.1, 0.15) is 18.6 Å². The van der Waals surface area contributed by atoms with Gasteiger partial charge in [-0.1, -0.05) is 18.2 Å². The van der Waals surface area contributed by atoms with Gasteiger partial charge in [0.25, 0.3) is 0 Å². The van der Waals surface area contributed by atoms with E-state index in [0.29, 0.717) is 12.8 Å². The first-order valence-electron chi connectivity index (χ1n) is 8.74. The second-order valence-electron chi connectivity index (χ2n) is 6.30. The number of rotatable bonds is 7. The quantitative estimate of drug-likeness (QED) is 0.505. The third kappa shape index (κ3) is 3.72.